The second kappa shape index (κ2) is 6.00. The van der Waals surface area contributed by atoms with Crippen molar-refractivity contribution in [2.75, 3.05) is 20.1 Å². The zero-order valence-corrected chi connectivity index (χ0v) is 9.99. The van der Waals surface area contributed by atoms with Gasteiger partial charge in [-0.3, -0.25) is 14.4 Å². The van der Waals surface area contributed by atoms with Gasteiger partial charge in [0.1, 0.15) is 6.54 Å². The summed E-state index contributed by atoms with van der Waals surface area (Å²) in [5.41, 5.74) is 0. The molecule has 92 valence electrons. The molecule has 0 unspecified atom stereocenters. The lowest BCUT2D eigenvalue weighted by molar-refractivity contribution is -0.138. The molecular weight excluding hydrogens is 244 g/mol. The van der Waals surface area contributed by atoms with Gasteiger partial charge in [0.25, 0.3) is 5.91 Å². The molecule has 2 N–H and O–H groups in total. The predicted octanol–water partition coefficient (Wildman–Crippen LogP) is 0.0209. The summed E-state index contributed by atoms with van der Waals surface area (Å²) in [5, 5.41) is 12.3. The van der Waals surface area contributed by atoms with Gasteiger partial charge >= 0.3 is 5.97 Å². The lowest BCUT2D eigenvalue weighted by atomic mass is 10.4. The van der Waals surface area contributed by atoms with E-state index < -0.39 is 18.4 Å². The summed E-state index contributed by atoms with van der Waals surface area (Å²) in [7, 11) is 1.49. The molecule has 0 aromatic carbocycles. The summed E-state index contributed by atoms with van der Waals surface area (Å²) in [6.07, 6.45) is 0. The molecule has 0 aliphatic rings. The second-order valence-electron chi connectivity index (χ2n) is 3.31. The maximum Gasteiger partial charge on any atom is 0.322 e. The van der Waals surface area contributed by atoms with Gasteiger partial charge in [0.05, 0.1) is 11.4 Å². The van der Waals surface area contributed by atoms with E-state index in [9.17, 15) is 14.4 Å². The molecule has 0 radical (unpaired) electrons. The number of carbonyl (C=O) groups excluding carboxylic acids is 2. The number of rotatable bonds is 5. The second-order valence-corrected chi connectivity index (χ2v) is 4.26. The molecule has 0 atom stereocenters. The van der Waals surface area contributed by atoms with Crippen molar-refractivity contribution in [2.45, 2.75) is 0 Å². The van der Waals surface area contributed by atoms with Crippen LogP contribution in [0.4, 0.5) is 0 Å². The Balaban J connectivity index is 2.43. The Bertz CT molecular complexity index is 416. The van der Waals surface area contributed by atoms with Crippen LogP contribution in [0.5, 0.6) is 0 Å². The SMILES string of the molecule is CN(CC(=O)NCC(=O)O)C(=O)c1cccs1. The number of nitrogens with one attached hydrogen (secondary N) is 1. The minimum absolute atomic E-state index is 0.163. The smallest absolute Gasteiger partial charge is 0.322 e. The summed E-state index contributed by atoms with van der Waals surface area (Å²) in [4.78, 5) is 35.0. The third kappa shape index (κ3) is 4.23. The standard InChI is InChI=1S/C10H12N2O4S/c1-12(6-8(13)11-5-9(14)15)10(16)7-3-2-4-17-7/h2-4H,5-6H2,1H3,(H,11,13)(H,14,15). The maximum atomic E-state index is 11.7. The molecule has 1 aromatic heterocycles. The summed E-state index contributed by atoms with van der Waals surface area (Å²) in [6.45, 7) is -0.607. The van der Waals surface area contributed by atoms with Crippen molar-refractivity contribution in [1.82, 2.24) is 10.2 Å². The highest BCUT2D eigenvalue weighted by atomic mass is 32.1. The van der Waals surface area contributed by atoms with E-state index in [2.05, 4.69) is 5.32 Å². The van der Waals surface area contributed by atoms with E-state index >= 15 is 0 Å². The number of carboxylic acid groups (broad SMARTS) is 1. The first kappa shape index (κ1) is 13.2. The van der Waals surface area contributed by atoms with Gasteiger partial charge in [-0.25, -0.2) is 0 Å². The van der Waals surface area contributed by atoms with Crippen LogP contribution in [-0.4, -0.2) is 47.9 Å². The van der Waals surface area contributed by atoms with Gasteiger partial charge in [-0.1, -0.05) is 6.07 Å². The Hall–Kier alpha value is -1.89. The summed E-state index contributed by atoms with van der Waals surface area (Å²) < 4.78 is 0. The van der Waals surface area contributed by atoms with E-state index in [-0.39, 0.29) is 12.5 Å². The quantitative estimate of drug-likeness (QED) is 0.777. The molecule has 0 spiro atoms. The fourth-order valence-electron chi connectivity index (χ4n) is 1.11. The third-order valence-corrected chi connectivity index (χ3v) is 2.75. The number of carboxylic acids is 1. The maximum absolute atomic E-state index is 11.7. The summed E-state index contributed by atoms with van der Waals surface area (Å²) in [6, 6.07) is 3.41. The Morgan fingerprint density at radius 3 is 2.71 bits per heavy atom. The zero-order valence-electron chi connectivity index (χ0n) is 9.17. The first-order valence-corrected chi connectivity index (χ1v) is 5.66. The van der Waals surface area contributed by atoms with Gasteiger partial charge in [-0.15, -0.1) is 11.3 Å². The summed E-state index contributed by atoms with van der Waals surface area (Å²) in [5.74, 6) is -1.88. The van der Waals surface area contributed by atoms with E-state index in [0.717, 1.165) is 0 Å². The van der Waals surface area contributed by atoms with Crippen molar-refractivity contribution in [3.63, 3.8) is 0 Å². The van der Waals surface area contributed by atoms with Crippen molar-refractivity contribution in [1.29, 1.82) is 0 Å². The molecular formula is C10H12N2O4S. The molecule has 1 heterocycles. The molecule has 7 heteroatoms. The first-order valence-electron chi connectivity index (χ1n) is 4.78. The molecule has 0 bridgehead atoms. The number of amides is 2. The lowest BCUT2D eigenvalue weighted by Gasteiger charge is -2.15. The number of carbonyl (C=O) groups is 3. The number of thiophene rings is 1. The molecule has 0 fully saturated rings. The molecule has 0 saturated heterocycles. The van der Waals surface area contributed by atoms with Crippen LogP contribution in [0, 0.1) is 0 Å². The van der Waals surface area contributed by atoms with Gasteiger partial charge in [-0.2, -0.15) is 0 Å². The largest absolute Gasteiger partial charge is 0.480 e. The van der Waals surface area contributed by atoms with Crippen LogP contribution in [0.25, 0.3) is 0 Å². The topological polar surface area (TPSA) is 86.7 Å². The monoisotopic (exact) mass is 256 g/mol. The van der Waals surface area contributed by atoms with Crippen LogP contribution in [0.2, 0.25) is 0 Å². The van der Waals surface area contributed by atoms with E-state index in [1.807, 2.05) is 0 Å². The molecule has 2 amide bonds. The first-order chi connectivity index (χ1) is 8.00. The van der Waals surface area contributed by atoms with E-state index in [1.165, 1.54) is 23.3 Å². The molecule has 6 nitrogen and oxygen atoms in total. The van der Waals surface area contributed by atoms with Crippen molar-refractivity contribution in [3.8, 4) is 0 Å². The molecule has 0 aliphatic heterocycles. The third-order valence-electron chi connectivity index (χ3n) is 1.90. The van der Waals surface area contributed by atoms with Crippen molar-refractivity contribution < 1.29 is 19.5 Å². The number of aliphatic carboxylic acids is 1. The van der Waals surface area contributed by atoms with Crippen LogP contribution in [0.3, 0.4) is 0 Å². The minimum atomic E-state index is -1.12. The van der Waals surface area contributed by atoms with Crippen LogP contribution in [0.1, 0.15) is 9.67 Å². The Labute approximate surface area is 102 Å². The van der Waals surface area contributed by atoms with Gasteiger partial charge in [-0.05, 0) is 11.4 Å². The number of likely N-dealkylation sites (N-methyl/N-ethyl adjacent to an activating group) is 1. The van der Waals surface area contributed by atoms with Gasteiger partial charge in [0, 0.05) is 7.05 Å². The van der Waals surface area contributed by atoms with Gasteiger partial charge in [0.15, 0.2) is 0 Å². The van der Waals surface area contributed by atoms with Crippen molar-refractivity contribution in [3.05, 3.63) is 22.4 Å². The normalized spacial score (nSPS) is 9.71. The van der Waals surface area contributed by atoms with Crippen molar-refractivity contribution in [2.24, 2.45) is 0 Å². The minimum Gasteiger partial charge on any atom is -0.480 e. The van der Waals surface area contributed by atoms with Gasteiger partial charge in [0.2, 0.25) is 5.91 Å². The van der Waals surface area contributed by atoms with Gasteiger partial charge < -0.3 is 15.3 Å². The zero-order chi connectivity index (χ0) is 12.8. The van der Waals surface area contributed by atoms with Crippen LogP contribution < -0.4 is 5.32 Å². The molecule has 1 rings (SSSR count). The fraction of sp³-hybridized carbons (Fsp3) is 0.300. The number of nitrogens with zero attached hydrogens (tertiary/aromatic N) is 1. The van der Waals surface area contributed by atoms with Crippen molar-refractivity contribution >= 4 is 29.1 Å². The van der Waals surface area contributed by atoms with E-state index in [1.54, 1.807) is 17.5 Å². The average Bonchev–Trinajstić information content (AvgIpc) is 2.78. The number of hydrogen-bond donors (Lipinski definition) is 2. The Kier molecular flexibility index (Phi) is 4.65. The number of hydrogen-bond acceptors (Lipinski definition) is 4. The summed E-state index contributed by atoms with van der Waals surface area (Å²) >= 11 is 1.29. The average molecular weight is 256 g/mol. The fourth-order valence-corrected chi connectivity index (χ4v) is 1.82. The highest BCUT2D eigenvalue weighted by Crippen LogP contribution is 2.10. The highest BCUT2D eigenvalue weighted by molar-refractivity contribution is 7.12. The Morgan fingerprint density at radius 1 is 1.47 bits per heavy atom. The Morgan fingerprint density at radius 2 is 2.18 bits per heavy atom. The molecule has 1 aromatic rings. The van der Waals surface area contributed by atoms with Crippen LogP contribution in [0.15, 0.2) is 17.5 Å². The predicted molar refractivity (Wildman–Crippen MR) is 61.9 cm³/mol. The molecule has 17 heavy (non-hydrogen) atoms. The highest BCUT2D eigenvalue weighted by Gasteiger charge is 2.15. The van der Waals surface area contributed by atoms with Crippen LogP contribution >= 0.6 is 11.3 Å². The van der Waals surface area contributed by atoms with Crippen LogP contribution in [-0.2, 0) is 9.59 Å². The van der Waals surface area contributed by atoms with E-state index in [0.29, 0.717) is 4.88 Å². The van der Waals surface area contributed by atoms with E-state index in [4.69, 9.17) is 5.11 Å². The molecule has 0 saturated carbocycles. The molecule has 0 aliphatic carbocycles. The lowest BCUT2D eigenvalue weighted by Crippen LogP contribution is -2.39.